The minimum atomic E-state index is -0.357. The predicted molar refractivity (Wildman–Crippen MR) is 104 cm³/mol. The number of carbonyl (C=O) groups excluding carboxylic acids is 1. The second kappa shape index (κ2) is 8.28. The van der Waals surface area contributed by atoms with Gasteiger partial charge in [-0.25, -0.2) is 4.39 Å². The van der Waals surface area contributed by atoms with E-state index in [9.17, 15) is 9.18 Å². The van der Waals surface area contributed by atoms with Crippen molar-refractivity contribution < 1.29 is 13.6 Å². The van der Waals surface area contributed by atoms with Crippen molar-refractivity contribution in [1.82, 2.24) is 20.4 Å². The van der Waals surface area contributed by atoms with E-state index in [4.69, 9.17) is 4.42 Å². The lowest BCUT2D eigenvalue weighted by molar-refractivity contribution is -0.113. The molecule has 10 heteroatoms. The van der Waals surface area contributed by atoms with E-state index in [1.165, 1.54) is 12.1 Å². The summed E-state index contributed by atoms with van der Waals surface area (Å²) in [6, 6.07) is 15.4. The van der Waals surface area contributed by atoms with E-state index in [2.05, 4.69) is 25.7 Å². The largest absolute Gasteiger partial charge is 0.411 e. The third kappa shape index (κ3) is 4.41. The zero-order valence-corrected chi connectivity index (χ0v) is 15.8. The molecule has 0 aliphatic rings. The summed E-state index contributed by atoms with van der Waals surface area (Å²) in [6.45, 7) is 0. The lowest BCUT2D eigenvalue weighted by Crippen LogP contribution is -2.13. The molecule has 1 N–H and O–H groups in total. The maximum atomic E-state index is 13.3. The van der Waals surface area contributed by atoms with Gasteiger partial charge in [-0.2, -0.15) is 0 Å². The Kier molecular flexibility index (Phi) is 5.40. The number of halogens is 1. The van der Waals surface area contributed by atoms with Crippen LogP contribution in [-0.4, -0.2) is 32.1 Å². The van der Waals surface area contributed by atoms with Crippen LogP contribution < -0.4 is 5.32 Å². The van der Waals surface area contributed by atoms with Crippen molar-refractivity contribution in [3.05, 3.63) is 60.4 Å². The van der Waals surface area contributed by atoms with E-state index >= 15 is 0 Å². The zero-order chi connectivity index (χ0) is 19.3. The number of benzene rings is 2. The number of anilines is 1. The Morgan fingerprint density at radius 1 is 1.04 bits per heavy atom. The Bertz CT molecular complexity index is 1100. The quantitative estimate of drug-likeness (QED) is 0.475. The van der Waals surface area contributed by atoms with Crippen LogP contribution in [0.2, 0.25) is 0 Å². The van der Waals surface area contributed by atoms with E-state index in [0.717, 1.165) is 28.7 Å². The van der Waals surface area contributed by atoms with Crippen LogP contribution in [0.15, 0.2) is 64.2 Å². The molecule has 0 unspecified atom stereocenters. The molecule has 0 radical (unpaired) electrons. The molecule has 140 valence electrons. The molecule has 0 fully saturated rings. The van der Waals surface area contributed by atoms with Gasteiger partial charge in [-0.1, -0.05) is 53.4 Å². The number of thioether (sulfide) groups is 1. The minimum Gasteiger partial charge on any atom is -0.411 e. The molecule has 0 bridgehead atoms. The van der Waals surface area contributed by atoms with Gasteiger partial charge in [-0.05, 0) is 24.3 Å². The number of nitrogens with zero attached hydrogens (tertiary/aromatic N) is 4. The number of hydrogen-bond acceptors (Lipinski definition) is 8. The molecule has 2 heterocycles. The van der Waals surface area contributed by atoms with Gasteiger partial charge in [-0.15, -0.1) is 20.4 Å². The Morgan fingerprint density at radius 3 is 2.68 bits per heavy atom. The summed E-state index contributed by atoms with van der Waals surface area (Å²) in [5, 5.41) is 19.6. The third-order valence-electron chi connectivity index (χ3n) is 3.50. The first kappa shape index (κ1) is 18.3. The molecule has 0 aliphatic carbocycles. The summed E-state index contributed by atoms with van der Waals surface area (Å²) in [6.07, 6.45) is 0. The fourth-order valence-corrected chi connectivity index (χ4v) is 3.58. The topological polar surface area (TPSA) is 93.8 Å². The molecule has 1 amide bonds. The van der Waals surface area contributed by atoms with Gasteiger partial charge in [-0.3, -0.25) is 10.1 Å². The van der Waals surface area contributed by atoms with Crippen molar-refractivity contribution in [2.75, 3.05) is 11.1 Å². The van der Waals surface area contributed by atoms with Crippen molar-refractivity contribution in [3.63, 3.8) is 0 Å². The van der Waals surface area contributed by atoms with Gasteiger partial charge in [0.15, 0.2) is 0 Å². The Hall–Kier alpha value is -3.11. The molecule has 4 aromatic rings. The van der Waals surface area contributed by atoms with Crippen LogP contribution in [0.25, 0.3) is 22.0 Å². The highest BCUT2D eigenvalue weighted by Gasteiger charge is 2.13. The first-order chi connectivity index (χ1) is 13.7. The molecule has 2 aromatic carbocycles. The maximum Gasteiger partial charge on any atom is 0.277 e. The molecule has 0 aliphatic heterocycles. The highest BCUT2D eigenvalue weighted by atomic mass is 32.2. The summed E-state index contributed by atoms with van der Waals surface area (Å²) in [5.41, 5.74) is 1.41. The Balaban J connectivity index is 1.34. The first-order valence-electron chi connectivity index (χ1n) is 8.08. The summed E-state index contributed by atoms with van der Waals surface area (Å²) < 4.78 is 18.8. The van der Waals surface area contributed by atoms with E-state index in [0.29, 0.717) is 26.8 Å². The first-order valence-corrected chi connectivity index (χ1v) is 9.88. The van der Waals surface area contributed by atoms with Gasteiger partial charge in [0.1, 0.15) is 10.8 Å². The number of carbonyl (C=O) groups is 1. The summed E-state index contributed by atoms with van der Waals surface area (Å²) >= 11 is 2.29. The minimum absolute atomic E-state index is 0.0747. The van der Waals surface area contributed by atoms with E-state index in [-0.39, 0.29) is 17.5 Å². The smallest absolute Gasteiger partial charge is 0.277 e. The molecule has 0 saturated heterocycles. The fraction of sp³-hybridized carbons (Fsp3) is 0.0556. The fourth-order valence-electron chi connectivity index (χ4n) is 2.26. The Morgan fingerprint density at radius 2 is 1.86 bits per heavy atom. The Labute approximate surface area is 167 Å². The van der Waals surface area contributed by atoms with Gasteiger partial charge in [0.25, 0.3) is 5.22 Å². The number of hydrogen-bond donors (Lipinski definition) is 1. The standard InChI is InChI=1S/C18H12FN5O2S2/c19-13-8-4-7-12(9-13)16-22-23-17(28-16)20-14(25)10-27-18-24-21-15(26-18)11-5-2-1-3-6-11/h1-9H,10H2,(H,20,23,25). The number of aromatic nitrogens is 4. The van der Waals surface area contributed by atoms with Crippen molar-refractivity contribution in [3.8, 4) is 22.0 Å². The maximum absolute atomic E-state index is 13.3. The number of nitrogens with one attached hydrogen (secondary N) is 1. The summed E-state index contributed by atoms with van der Waals surface area (Å²) in [7, 11) is 0. The molecule has 28 heavy (non-hydrogen) atoms. The highest BCUT2D eigenvalue weighted by molar-refractivity contribution is 7.99. The van der Waals surface area contributed by atoms with Crippen molar-refractivity contribution in [1.29, 1.82) is 0 Å². The molecule has 7 nitrogen and oxygen atoms in total. The van der Waals surface area contributed by atoms with Crippen LogP contribution in [0.5, 0.6) is 0 Å². The van der Waals surface area contributed by atoms with E-state index < -0.39 is 0 Å². The van der Waals surface area contributed by atoms with Gasteiger partial charge in [0.05, 0.1) is 5.75 Å². The van der Waals surface area contributed by atoms with Crippen LogP contribution in [0.3, 0.4) is 0 Å². The number of rotatable bonds is 6. The van der Waals surface area contributed by atoms with Gasteiger partial charge in [0, 0.05) is 11.1 Å². The molecular weight excluding hydrogens is 401 g/mol. The van der Waals surface area contributed by atoms with Crippen molar-refractivity contribution in [2.45, 2.75) is 5.22 Å². The molecule has 0 atom stereocenters. The van der Waals surface area contributed by atoms with Gasteiger partial charge < -0.3 is 4.42 Å². The SMILES string of the molecule is O=C(CSc1nnc(-c2ccccc2)o1)Nc1nnc(-c2cccc(F)c2)s1. The van der Waals surface area contributed by atoms with Gasteiger partial charge in [0.2, 0.25) is 16.9 Å². The normalized spacial score (nSPS) is 10.8. The average Bonchev–Trinajstić information content (AvgIpc) is 3.37. The van der Waals surface area contributed by atoms with Gasteiger partial charge >= 0.3 is 0 Å². The zero-order valence-electron chi connectivity index (χ0n) is 14.2. The van der Waals surface area contributed by atoms with Crippen LogP contribution in [0.4, 0.5) is 9.52 Å². The second-order valence-electron chi connectivity index (χ2n) is 5.50. The van der Waals surface area contributed by atoms with Crippen LogP contribution in [0, 0.1) is 5.82 Å². The van der Waals surface area contributed by atoms with E-state index in [1.807, 2.05) is 30.3 Å². The lowest BCUT2D eigenvalue weighted by atomic mass is 10.2. The lowest BCUT2D eigenvalue weighted by Gasteiger charge is -1.98. The molecule has 0 saturated carbocycles. The summed E-state index contributed by atoms with van der Waals surface area (Å²) in [5.74, 6) is -0.173. The molecular formula is C18H12FN5O2S2. The van der Waals surface area contributed by atoms with Crippen LogP contribution >= 0.6 is 23.1 Å². The molecule has 0 spiro atoms. The van der Waals surface area contributed by atoms with Crippen LogP contribution in [0.1, 0.15) is 0 Å². The van der Waals surface area contributed by atoms with E-state index in [1.54, 1.807) is 12.1 Å². The monoisotopic (exact) mass is 413 g/mol. The summed E-state index contributed by atoms with van der Waals surface area (Å²) in [4.78, 5) is 12.1. The second-order valence-corrected chi connectivity index (χ2v) is 7.40. The van der Waals surface area contributed by atoms with Crippen molar-refractivity contribution in [2.24, 2.45) is 0 Å². The average molecular weight is 413 g/mol. The van der Waals surface area contributed by atoms with Crippen LogP contribution in [-0.2, 0) is 4.79 Å². The van der Waals surface area contributed by atoms with Crippen molar-refractivity contribution >= 4 is 34.1 Å². The highest BCUT2D eigenvalue weighted by Crippen LogP contribution is 2.27. The third-order valence-corrected chi connectivity index (χ3v) is 5.20. The molecule has 2 aromatic heterocycles. The predicted octanol–water partition coefficient (Wildman–Crippen LogP) is 4.13. The number of amides is 1. The molecule has 4 rings (SSSR count).